The monoisotopic (exact) mass is 389 g/mol. The van der Waals surface area contributed by atoms with Gasteiger partial charge in [-0.1, -0.05) is 25.2 Å². The van der Waals surface area contributed by atoms with Crippen molar-refractivity contribution in [3.05, 3.63) is 29.8 Å². The molecule has 7 nitrogen and oxygen atoms in total. The van der Waals surface area contributed by atoms with Gasteiger partial charge in [-0.2, -0.15) is 0 Å². The van der Waals surface area contributed by atoms with Gasteiger partial charge < -0.3 is 9.88 Å². The molecule has 1 N–H and O–H groups in total. The topological polar surface area (TPSA) is 80.1 Å². The van der Waals surface area contributed by atoms with E-state index >= 15 is 0 Å². The molecule has 3 rings (SSSR count). The maximum absolute atomic E-state index is 12.6. The Kier molecular flexibility index (Phi) is 6.60. The Morgan fingerprint density at radius 1 is 1.41 bits per heavy atom. The smallest absolute Gasteiger partial charge is 0.263 e. The first-order chi connectivity index (χ1) is 13.0. The molecule has 2 aromatic rings. The average molecular weight is 390 g/mol. The molecule has 0 bridgehead atoms. The van der Waals surface area contributed by atoms with E-state index < -0.39 is 0 Å². The summed E-state index contributed by atoms with van der Waals surface area (Å²) < 4.78 is 1.98. The number of hydrogen-bond donors (Lipinski definition) is 1. The number of aryl methyl sites for hydroxylation is 1. The van der Waals surface area contributed by atoms with Crippen molar-refractivity contribution in [2.75, 3.05) is 18.0 Å². The predicted octanol–water partition coefficient (Wildman–Crippen LogP) is 2.95. The van der Waals surface area contributed by atoms with Crippen LogP contribution >= 0.6 is 11.3 Å². The quantitative estimate of drug-likeness (QED) is 0.634. The SMILES string of the molecule is CC(C)CCN(C(=O)C1CC1)c1ncc(C(=O)NCCCn2ccnc2)s1. The summed E-state index contributed by atoms with van der Waals surface area (Å²) in [4.78, 5) is 35.7. The van der Waals surface area contributed by atoms with Crippen LogP contribution in [0.25, 0.3) is 0 Å². The number of nitrogens with zero attached hydrogens (tertiary/aromatic N) is 4. The van der Waals surface area contributed by atoms with Crippen molar-refractivity contribution in [3.8, 4) is 0 Å². The van der Waals surface area contributed by atoms with Crippen molar-refractivity contribution in [1.29, 1.82) is 0 Å². The molecule has 0 aliphatic heterocycles. The van der Waals surface area contributed by atoms with Gasteiger partial charge in [-0.05, 0) is 31.6 Å². The Hall–Kier alpha value is -2.22. The summed E-state index contributed by atoms with van der Waals surface area (Å²) in [6.07, 6.45) is 10.7. The Balaban J connectivity index is 1.54. The number of imidazole rings is 1. The van der Waals surface area contributed by atoms with Gasteiger partial charge in [0, 0.05) is 37.9 Å². The number of hydrogen-bond acceptors (Lipinski definition) is 5. The van der Waals surface area contributed by atoms with Crippen molar-refractivity contribution < 1.29 is 9.59 Å². The molecule has 1 fully saturated rings. The Morgan fingerprint density at radius 3 is 2.89 bits per heavy atom. The highest BCUT2D eigenvalue weighted by Gasteiger charge is 2.35. The van der Waals surface area contributed by atoms with Gasteiger partial charge in [-0.15, -0.1) is 0 Å². The number of rotatable bonds is 10. The normalized spacial score (nSPS) is 13.7. The van der Waals surface area contributed by atoms with Crippen LogP contribution in [0.4, 0.5) is 5.13 Å². The van der Waals surface area contributed by atoms with Gasteiger partial charge in [0.15, 0.2) is 5.13 Å². The summed E-state index contributed by atoms with van der Waals surface area (Å²) in [7, 11) is 0. The van der Waals surface area contributed by atoms with Crippen LogP contribution < -0.4 is 10.2 Å². The molecule has 0 atom stereocenters. The summed E-state index contributed by atoms with van der Waals surface area (Å²) in [5.74, 6) is 0.670. The molecule has 2 amide bonds. The third-order valence-electron chi connectivity index (χ3n) is 4.51. The summed E-state index contributed by atoms with van der Waals surface area (Å²) in [5, 5.41) is 3.56. The van der Waals surface area contributed by atoms with Crippen LogP contribution in [-0.2, 0) is 11.3 Å². The number of carbonyl (C=O) groups excluding carboxylic acids is 2. The first-order valence-corrected chi connectivity index (χ1v) is 10.4. The molecule has 27 heavy (non-hydrogen) atoms. The lowest BCUT2D eigenvalue weighted by atomic mass is 10.1. The lowest BCUT2D eigenvalue weighted by Gasteiger charge is -2.20. The molecular weight excluding hydrogens is 362 g/mol. The fourth-order valence-corrected chi connectivity index (χ4v) is 3.57. The molecular formula is C19H27N5O2S. The van der Waals surface area contributed by atoms with Crippen LogP contribution in [-0.4, -0.2) is 39.4 Å². The molecule has 1 saturated carbocycles. The summed E-state index contributed by atoms with van der Waals surface area (Å²) in [6, 6.07) is 0. The number of thiazole rings is 1. The van der Waals surface area contributed by atoms with Gasteiger partial charge in [-0.25, -0.2) is 9.97 Å². The Morgan fingerprint density at radius 2 is 2.22 bits per heavy atom. The molecule has 0 aromatic carbocycles. The number of aromatic nitrogens is 3. The lowest BCUT2D eigenvalue weighted by Crippen LogP contribution is -2.33. The highest BCUT2D eigenvalue weighted by Crippen LogP contribution is 2.34. The Bertz CT molecular complexity index is 752. The highest BCUT2D eigenvalue weighted by atomic mass is 32.1. The van der Waals surface area contributed by atoms with Crippen LogP contribution in [0.2, 0.25) is 0 Å². The molecule has 0 unspecified atom stereocenters. The third-order valence-corrected chi connectivity index (χ3v) is 5.53. The summed E-state index contributed by atoms with van der Waals surface area (Å²) in [5.41, 5.74) is 0. The zero-order valence-electron chi connectivity index (χ0n) is 15.9. The van der Waals surface area contributed by atoms with E-state index in [1.54, 1.807) is 23.6 Å². The third kappa shape index (κ3) is 5.63. The van der Waals surface area contributed by atoms with E-state index in [1.165, 1.54) is 11.3 Å². The molecule has 1 aliphatic carbocycles. The molecule has 1 aliphatic rings. The number of anilines is 1. The van der Waals surface area contributed by atoms with Gasteiger partial charge in [-0.3, -0.25) is 14.5 Å². The van der Waals surface area contributed by atoms with E-state index in [-0.39, 0.29) is 17.7 Å². The maximum Gasteiger partial charge on any atom is 0.263 e. The molecule has 2 aromatic heterocycles. The standard InChI is InChI=1S/C19H27N5O2S/c1-14(2)6-10-24(18(26)15-4-5-15)19-22-12-16(27-19)17(25)21-7-3-9-23-11-8-20-13-23/h8,11-15H,3-7,9-10H2,1-2H3,(H,21,25). The number of nitrogens with one attached hydrogen (secondary N) is 1. The summed E-state index contributed by atoms with van der Waals surface area (Å²) in [6.45, 7) is 6.34. The van der Waals surface area contributed by atoms with Gasteiger partial charge >= 0.3 is 0 Å². The minimum atomic E-state index is -0.132. The molecule has 146 valence electrons. The fourth-order valence-electron chi connectivity index (χ4n) is 2.70. The fraction of sp³-hybridized carbons (Fsp3) is 0.579. The molecule has 2 heterocycles. The van der Waals surface area contributed by atoms with Crippen molar-refractivity contribution >= 4 is 28.3 Å². The minimum Gasteiger partial charge on any atom is -0.351 e. The minimum absolute atomic E-state index is 0.132. The van der Waals surface area contributed by atoms with Crippen LogP contribution in [0.15, 0.2) is 24.9 Å². The zero-order chi connectivity index (χ0) is 19.2. The summed E-state index contributed by atoms with van der Waals surface area (Å²) >= 11 is 1.30. The molecule has 0 radical (unpaired) electrons. The van der Waals surface area contributed by atoms with E-state index in [1.807, 2.05) is 10.8 Å². The van der Waals surface area contributed by atoms with E-state index in [4.69, 9.17) is 0 Å². The van der Waals surface area contributed by atoms with Crippen molar-refractivity contribution in [2.24, 2.45) is 11.8 Å². The van der Waals surface area contributed by atoms with E-state index in [0.717, 1.165) is 32.2 Å². The van der Waals surface area contributed by atoms with Crippen LogP contribution in [0.1, 0.15) is 49.2 Å². The van der Waals surface area contributed by atoms with Gasteiger partial charge in [0.1, 0.15) is 4.88 Å². The average Bonchev–Trinajstić information content (AvgIpc) is 3.15. The first-order valence-electron chi connectivity index (χ1n) is 9.55. The van der Waals surface area contributed by atoms with Gasteiger partial charge in [0.05, 0.1) is 12.5 Å². The zero-order valence-corrected chi connectivity index (χ0v) is 16.7. The van der Waals surface area contributed by atoms with Crippen molar-refractivity contribution in [2.45, 2.75) is 46.1 Å². The number of carbonyl (C=O) groups is 2. The molecule has 8 heteroatoms. The second kappa shape index (κ2) is 9.12. The maximum atomic E-state index is 12.6. The molecule has 0 saturated heterocycles. The largest absolute Gasteiger partial charge is 0.351 e. The van der Waals surface area contributed by atoms with Crippen LogP contribution in [0.3, 0.4) is 0 Å². The second-order valence-corrected chi connectivity index (χ2v) is 8.37. The van der Waals surface area contributed by atoms with Crippen molar-refractivity contribution in [3.63, 3.8) is 0 Å². The molecule has 0 spiro atoms. The predicted molar refractivity (Wildman–Crippen MR) is 106 cm³/mol. The highest BCUT2D eigenvalue weighted by molar-refractivity contribution is 7.17. The van der Waals surface area contributed by atoms with Crippen LogP contribution in [0, 0.1) is 11.8 Å². The van der Waals surface area contributed by atoms with E-state index in [0.29, 0.717) is 29.0 Å². The number of amides is 2. The van der Waals surface area contributed by atoms with Gasteiger partial charge in [0.25, 0.3) is 5.91 Å². The second-order valence-electron chi connectivity index (χ2n) is 7.36. The Labute approximate surface area is 163 Å². The van der Waals surface area contributed by atoms with Gasteiger partial charge in [0.2, 0.25) is 5.91 Å². The van der Waals surface area contributed by atoms with E-state index in [2.05, 4.69) is 29.1 Å². The lowest BCUT2D eigenvalue weighted by molar-refractivity contribution is -0.119. The first kappa shape index (κ1) is 19.5. The van der Waals surface area contributed by atoms with E-state index in [9.17, 15) is 9.59 Å². The van der Waals surface area contributed by atoms with Crippen molar-refractivity contribution in [1.82, 2.24) is 19.9 Å². The van der Waals surface area contributed by atoms with Crippen LogP contribution in [0.5, 0.6) is 0 Å².